The second-order valence-corrected chi connectivity index (χ2v) is 5.64. The first-order chi connectivity index (χ1) is 10.1. The van der Waals surface area contributed by atoms with Gasteiger partial charge < -0.3 is 5.73 Å². The summed E-state index contributed by atoms with van der Waals surface area (Å²) in [5.41, 5.74) is 9.26. The van der Waals surface area contributed by atoms with Crippen LogP contribution in [0.3, 0.4) is 0 Å². The van der Waals surface area contributed by atoms with Gasteiger partial charge in [0.25, 0.3) is 0 Å². The molecule has 2 nitrogen and oxygen atoms in total. The van der Waals surface area contributed by atoms with Crippen LogP contribution in [-0.2, 0) is 19.5 Å². The molecule has 21 heavy (non-hydrogen) atoms. The topological polar surface area (TPSA) is 29.3 Å². The molecule has 0 aromatic heterocycles. The van der Waals surface area contributed by atoms with E-state index in [1.807, 2.05) is 12.1 Å². The molecule has 1 heterocycles. The molecule has 0 spiro atoms. The van der Waals surface area contributed by atoms with E-state index in [9.17, 15) is 8.78 Å². The Morgan fingerprint density at radius 1 is 1.05 bits per heavy atom. The van der Waals surface area contributed by atoms with Crippen molar-refractivity contribution in [3.05, 3.63) is 70.8 Å². The van der Waals surface area contributed by atoms with Crippen LogP contribution in [-0.4, -0.2) is 17.5 Å². The summed E-state index contributed by atoms with van der Waals surface area (Å²) in [6, 6.07) is 11.8. The zero-order chi connectivity index (χ0) is 14.8. The number of nitrogens with zero attached hydrogens (tertiary/aromatic N) is 1. The Morgan fingerprint density at radius 2 is 1.71 bits per heavy atom. The molecule has 0 radical (unpaired) electrons. The van der Waals surface area contributed by atoms with Crippen molar-refractivity contribution in [2.75, 3.05) is 6.54 Å². The predicted octanol–water partition coefficient (Wildman–Crippen LogP) is 2.85. The van der Waals surface area contributed by atoms with E-state index in [-0.39, 0.29) is 6.04 Å². The largest absolute Gasteiger partial charge is 0.326 e. The molecule has 0 saturated carbocycles. The summed E-state index contributed by atoms with van der Waals surface area (Å²) in [4.78, 5) is 2.26. The lowest BCUT2D eigenvalue weighted by Crippen LogP contribution is -2.36. The van der Waals surface area contributed by atoms with Crippen molar-refractivity contribution in [2.24, 2.45) is 5.73 Å². The highest BCUT2D eigenvalue weighted by molar-refractivity contribution is 5.30. The summed E-state index contributed by atoms with van der Waals surface area (Å²) in [6.45, 7) is 2.47. The summed E-state index contributed by atoms with van der Waals surface area (Å²) in [6.07, 6.45) is 0.416. The van der Waals surface area contributed by atoms with E-state index in [2.05, 4.69) is 17.0 Å². The molecule has 2 aromatic rings. The first-order valence-corrected chi connectivity index (χ1v) is 7.10. The summed E-state index contributed by atoms with van der Waals surface area (Å²) < 4.78 is 26.5. The predicted molar refractivity (Wildman–Crippen MR) is 78.6 cm³/mol. The maximum atomic E-state index is 13.6. The van der Waals surface area contributed by atoms with Crippen LogP contribution in [0.15, 0.2) is 42.5 Å². The second-order valence-electron chi connectivity index (χ2n) is 5.64. The van der Waals surface area contributed by atoms with Gasteiger partial charge in [-0.3, -0.25) is 4.90 Å². The summed E-state index contributed by atoms with van der Waals surface area (Å²) in [5, 5.41) is 0. The van der Waals surface area contributed by atoms with Gasteiger partial charge in [0.2, 0.25) is 0 Å². The highest BCUT2D eigenvalue weighted by Crippen LogP contribution is 2.22. The van der Waals surface area contributed by atoms with E-state index >= 15 is 0 Å². The van der Waals surface area contributed by atoms with Crippen molar-refractivity contribution >= 4 is 0 Å². The van der Waals surface area contributed by atoms with Crippen molar-refractivity contribution in [1.29, 1.82) is 0 Å². The number of hydrogen-bond donors (Lipinski definition) is 1. The Morgan fingerprint density at radius 3 is 2.33 bits per heavy atom. The Balaban J connectivity index is 1.59. The SMILES string of the molecule is N[C@@H](Cc1ccc(F)cc1F)CN1Cc2ccccc2C1. The number of hydrogen-bond acceptors (Lipinski definition) is 2. The number of nitrogens with two attached hydrogens (primary N) is 1. The highest BCUT2D eigenvalue weighted by Gasteiger charge is 2.20. The zero-order valence-electron chi connectivity index (χ0n) is 11.7. The van der Waals surface area contributed by atoms with Crippen molar-refractivity contribution in [3.63, 3.8) is 0 Å². The molecule has 0 unspecified atom stereocenters. The third-order valence-corrected chi connectivity index (χ3v) is 3.90. The summed E-state index contributed by atoms with van der Waals surface area (Å²) >= 11 is 0. The number of halogens is 2. The minimum atomic E-state index is -0.556. The van der Waals surface area contributed by atoms with E-state index in [1.54, 1.807) is 0 Å². The lowest BCUT2D eigenvalue weighted by molar-refractivity contribution is 0.263. The maximum absolute atomic E-state index is 13.6. The van der Waals surface area contributed by atoms with Crippen LogP contribution < -0.4 is 5.73 Å². The third kappa shape index (κ3) is 3.28. The van der Waals surface area contributed by atoms with Gasteiger partial charge in [0, 0.05) is 31.7 Å². The van der Waals surface area contributed by atoms with Gasteiger partial charge >= 0.3 is 0 Å². The zero-order valence-corrected chi connectivity index (χ0v) is 11.7. The Labute approximate surface area is 123 Å². The normalized spacial score (nSPS) is 16.0. The van der Waals surface area contributed by atoms with Gasteiger partial charge in [-0.1, -0.05) is 30.3 Å². The van der Waals surface area contributed by atoms with Gasteiger partial charge in [-0.2, -0.15) is 0 Å². The van der Waals surface area contributed by atoms with E-state index in [0.29, 0.717) is 18.5 Å². The van der Waals surface area contributed by atoms with Crippen LogP contribution in [0.5, 0.6) is 0 Å². The fourth-order valence-corrected chi connectivity index (χ4v) is 2.90. The highest BCUT2D eigenvalue weighted by atomic mass is 19.1. The maximum Gasteiger partial charge on any atom is 0.129 e. The molecule has 0 amide bonds. The van der Waals surface area contributed by atoms with Crippen LogP contribution in [0.1, 0.15) is 16.7 Å². The van der Waals surface area contributed by atoms with Gasteiger partial charge in [0.1, 0.15) is 11.6 Å². The van der Waals surface area contributed by atoms with Crippen LogP contribution >= 0.6 is 0 Å². The lowest BCUT2D eigenvalue weighted by Gasteiger charge is -2.20. The monoisotopic (exact) mass is 288 g/mol. The number of fused-ring (bicyclic) bond motifs is 1. The van der Waals surface area contributed by atoms with Gasteiger partial charge in [-0.25, -0.2) is 8.78 Å². The van der Waals surface area contributed by atoms with Gasteiger partial charge in [-0.15, -0.1) is 0 Å². The minimum Gasteiger partial charge on any atom is -0.326 e. The smallest absolute Gasteiger partial charge is 0.129 e. The standard InChI is InChI=1S/C17H18F2N2/c18-15-6-5-12(17(19)8-15)7-16(20)11-21-9-13-3-1-2-4-14(13)10-21/h1-6,8,16H,7,9-11,20H2/t16-/m0/s1. The molecule has 1 aliphatic rings. The van der Waals surface area contributed by atoms with Crippen LogP contribution in [0.4, 0.5) is 8.78 Å². The van der Waals surface area contributed by atoms with Crippen LogP contribution in [0, 0.1) is 11.6 Å². The molecule has 2 N–H and O–H groups in total. The van der Waals surface area contributed by atoms with E-state index < -0.39 is 11.6 Å². The molecule has 0 bridgehead atoms. The number of rotatable bonds is 4. The van der Waals surface area contributed by atoms with Gasteiger partial charge in [0.05, 0.1) is 0 Å². The molecule has 4 heteroatoms. The average Bonchev–Trinajstić information content (AvgIpc) is 2.84. The molecular weight excluding hydrogens is 270 g/mol. The van der Waals surface area contributed by atoms with E-state index in [0.717, 1.165) is 19.2 Å². The first-order valence-electron chi connectivity index (χ1n) is 7.10. The molecule has 1 atom stereocenters. The summed E-state index contributed by atoms with van der Waals surface area (Å²) in [7, 11) is 0. The van der Waals surface area contributed by atoms with Crippen molar-refractivity contribution < 1.29 is 8.78 Å². The fraction of sp³-hybridized carbons (Fsp3) is 0.294. The van der Waals surface area contributed by atoms with Crippen molar-refractivity contribution in [1.82, 2.24) is 4.90 Å². The molecule has 110 valence electrons. The van der Waals surface area contributed by atoms with Gasteiger partial charge in [-0.05, 0) is 29.2 Å². The lowest BCUT2D eigenvalue weighted by atomic mass is 10.1. The molecule has 0 fully saturated rings. The van der Waals surface area contributed by atoms with E-state index in [1.165, 1.54) is 23.3 Å². The average molecular weight is 288 g/mol. The molecule has 1 aliphatic heterocycles. The van der Waals surface area contributed by atoms with Crippen molar-refractivity contribution in [2.45, 2.75) is 25.6 Å². The van der Waals surface area contributed by atoms with Gasteiger partial charge in [0.15, 0.2) is 0 Å². The Hall–Kier alpha value is -1.78. The van der Waals surface area contributed by atoms with Crippen LogP contribution in [0.25, 0.3) is 0 Å². The Bertz CT molecular complexity index is 617. The molecule has 0 saturated heterocycles. The molecule has 2 aromatic carbocycles. The van der Waals surface area contributed by atoms with Crippen LogP contribution in [0.2, 0.25) is 0 Å². The fourth-order valence-electron chi connectivity index (χ4n) is 2.90. The molecule has 3 rings (SSSR count). The third-order valence-electron chi connectivity index (χ3n) is 3.90. The second kappa shape index (κ2) is 5.92. The van der Waals surface area contributed by atoms with E-state index in [4.69, 9.17) is 5.73 Å². The van der Waals surface area contributed by atoms with Crippen molar-refractivity contribution in [3.8, 4) is 0 Å². The summed E-state index contributed by atoms with van der Waals surface area (Å²) in [5.74, 6) is -1.07. The molecule has 0 aliphatic carbocycles. The number of benzene rings is 2. The first kappa shape index (κ1) is 14.2. The molecular formula is C17H18F2N2. The minimum absolute atomic E-state index is 0.167. The quantitative estimate of drug-likeness (QED) is 0.937. The Kier molecular flexibility index (Phi) is 3.99.